The van der Waals surface area contributed by atoms with Gasteiger partial charge in [-0.15, -0.1) is 0 Å². The van der Waals surface area contributed by atoms with Crippen molar-refractivity contribution in [1.29, 1.82) is 5.26 Å². The molecule has 0 atom stereocenters. The van der Waals surface area contributed by atoms with Gasteiger partial charge in [0, 0.05) is 16.2 Å². The summed E-state index contributed by atoms with van der Waals surface area (Å²) in [6.07, 6.45) is 1.54. The number of benzene rings is 1. The zero-order valence-electron chi connectivity index (χ0n) is 8.52. The number of halogens is 2. The number of rotatable bonds is 2. The fourth-order valence-corrected chi connectivity index (χ4v) is 1.76. The standard InChI is InChI=1S/C12H6Cl2N2O/c13-9-4-10(14)6-11(5-9)17-12-8(7-15)2-1-3-16-12/h1-6H. The van der Waals surface area contributed by atoms with E-state index < -0.39 is 0 Å². The predicted molar refractivity (Wildman–Crippen MR) is 65.5 cm³/mol. The molecular weight excluding hydrogens is 259 g/mol. The van der Waals surface area contributed by atoms with Gasteiger partial charge >= 0.3 is 0 Å². The van der Waals surface area contributed by atoms with E-state index in [-0.39, 0.29) is 5.88 Å². The number of nitriles is 1. The predicted octanol–water partition coefficient (Wildman–Crippen LogP) is 4.05. The van der Waals surface area contributed by atoms with Crippen LogP contribution in [-0.4, -0.2) is 4.98 Å². The van der Waals surface area contributed by atoms with Gasteiger partial charge in [0.2, 0.25) is 5.88 Å². The summed E-state index contributed by atoms with van der Waals surface area (Å²) in [5.74, 6) is 0.672. The quantitative estimate of drug-likeness (QED) is 0.822. The molecule has 2 aromatic rings. The Morgan fingerprint density at radius 1 is 1.18 bits per heavy atom. The molecule has 0 saturated heterocycles. The lowest BCUT2D eigenvalue weighted by molar-refractivity contribution is 0.461. The van der Waals surface area contributed by atoms with Crippen LogP contribution in [0.1, 0.15) is 5.56 Å². The Morgan fingerprint density at radius 3 is 2.53 bits per heavy atom. The monoisotopic (exact) mass is 264 g/mol. The van der Waals surface area contributed by atoms with Crippen LogP contribution in [0.25, 0.3) is 0 Å². The molecule has 0 amide bonds. The van der Waals surface area contributed by atoms with Gasteiger partial charge in [0.1, 0.15) is 17.4 Å². The molecule has 2 rings (SSSR count). The molecule has 0 N–H and O–H groups in total. The van der Waals surface area contributed by atoms with Crippen LogP contribution in [0.2, 0.25) is 10.0 Å². The van der Waals surface area contributed by atoms with E-state index in [1.165, 1.54) is 0 Å². The lowest BCUT2D eigenvalue weighted by Crippen LogP contribution is -1.91. The van der Waals surface area contributed by atoms with Gasteiger partial charge in [-0.3, -0.25) is 0 Å². The molecule has 0 saturated carbocycles. The number of aromatic nitrogens is 1. The molecule has 0 bridgehead atoms. The number of pyridine rings is 1. The van der Waals surface area contributed by atoms with Crippen LogP contribution in [0, 0.1) is 11.3 Å². The highest BCUT2D eigenvalue weighted by Gasteiger charge is 2.06. The first-order chi connectivity index (χ1) is 8.19. The van der Waals surface area contributed by atoms with E-state index >= 15 is 0 Å². The van der Waals surface area contributed by atoms with E-state index in [1.807, 2.05) is 6.07 Å². The molecular formula is C12H6Cl2N2O. The summed E-state index contributed by atoms with van der Waals surface area (Å²) in [7, 11) is 0. The van der Waals surface area contributed by atoms with Crippen molar-refractivity contribution in [2.24, 2.45) is 0 Å². The minimum atomic E-state index is 0.230. The summed E-state index contributed by atoms with van der Waals surface area (Å²) < 4.78 is 5.46. The maximum absolute atomic E-state index is 8.88. The van der Waals surface area contributed by atoms with E-state index in [4.69, 9.17) is 33.2 Å². The maximum atomic E-state index is 8.88. The fraction of sp³-hybridized carbons (Fsp3) is 0. The molecule has 0 aliphatic rings. The molecule has 5 heteroatoms. The van der Waals surface area contributed by atoms with Gasteiger partial charge in [-0.1, -0.05) is 23.2 Å². The second-order valence-electron chi connectivity index (χ2n) is 3.18. The smallest absolute Gasteiger partial charge is 0.237 e. The highest BCUT2D eigenvalue weighted by molar-refractivity contribution is 6.34. The van der Waals surface area contributed by atoms with E-state index in [0.717, 1.165) is 0 Å². The van der Waals surface area contributed by atoms with Crippen molar-refractivity contribution < 1.29 is 4.74 Å². The first-order valence-electron chi connectivity index (χ1n) is 4.68. The minimum absolute atomic E-state index is 0.230. The van der Waals surface area contributed by atoms with E-state index in [0.29, 0.717) is 21.4 Å². The molecule has 0 aliphatic heterocycles. The van der Waals surface area contributed by atoms with Gasteiger partial charge in [0.15, 0.2) is 0 Å². The number of hydrogen-bond acceptors (Lipinski definition) is 3. The minimum Gasteiger partial charge on any atom is -0.438 e. The van der Waals surface area contributed by atoms with Crippen molar-refractivity contribution in [1.82, 2.24) is 4.98 Å². The highest BCUT2D eigenvalue weighted by Crippen LogP contribution is 2.28. The molecule has 1 aromatic carbocycles. The largest absolute Gasteiger partial charge is 0.438 e. The van der Waals surface area contributed by atoms with Crippen molar-refractivity contribution >= 4 is 23.2 Å². The van der Waals surface area contributed by atoms with Crippen LogP contribution in [0.15, 0.2) is 36.5 Å². The van der Waals surface area contributed by atoms with Crippen LogP contribution in [-0.2, 0) is 0 Å². The Balaban J connectivity index is 2.35. The van der Waals surface area contributed by atoms with Crippen molar-refractivity contribution in [3.63, 3.8) is 0 Å². The third kappa shape index (κ3) is 2.88. The first-order valence-corrected chi connectivity index (χ1v) is 5.43. The summed E-state index contributed by atoms with van der Waals surface area (Å²) in [4.78, 5) is 3.97. The van der Waals surface area contributed by atoms with Crippen LogP contribution in [0.3, 0.4) is 0 Å². The van der Waals surface area contributed by atoms with Crippen LogP contribution in [0.4, 0.5) is 0 Å². The average molecular weight is 265 g/mol. The number of nitrogens with zero attached hydrogens (tertiary/aromatic N) is 2. The lowest BCUT2D eigenvalue weighted by Gasteiger charge is -2.06. The van der Waals surface area contributed by atoms with Gasteiger partial charge in [0.25, 0.3) is 0 Å². The van der Waals surface area contributed by atoms with Crippen molar-refractivity contribution in [3.8, 4) is 17.7 Å². The van der Waals surface area contributed by atoms with Gasteiger partial charge < -0.3 is 4.74 Å². The molecule has 0 unspecified atom stereocenters. The molecule has 1 aromatic heterocycles. The zero-order chi connectivity index (χ0) is 12.3. The number of hydrogen-bond donors (Lipinski definition) is 0. The van der Waals surface area contributed by atoms with E-state index in [2.05, 4.69) is 4.98 Å². The third-order valence-corrected chi connectivity index (χ3v) is 2.38. The molecule has 0 radical (unpaired) electrons. The summed E-state index contributed by atoms with van der Waals surface area (Å²) in [6.45, 7) is 0. The van der Waals surface area contributed by atoms with Crippen molar-refractivity contribution in [2.75, 3.05) is 0 Å². The SMILES string of the molecule is N#Cc1cccnc1Oc1cc(Cl)cc(Cl)c1. The molecule has 0 fully saturated rings. The van der Waals surface area contributed by atoms with E-state index in [1.54, 1.807) is 36.5 Å². The summed E-state index contributed by atoms with van der Waals surface area (Å²) >= 11 is 11.7. The van der Waals surface area contributed by atoms with Crippen molar-refractivity contribution in [2.45, 2.75) is 0 Å². The summed E-state index contributed by atoms with van der Waals surface area (Å²) in [6, 6.07) is 10.1. The first kappa shape index (κ1) is 11.7. The van der Waals surface area contributed by atoms with Gasteiger partial charge in [0.05, 0.1) is 0 Å². The lowest BCUT2D eigenvalue weighted by atomic mass is 10.3. The average Bonchev–Trinajstić information content (AvgIpc) is 2.28. The Morgan fingerprint density at radius 2 is 1.88 bits per heavy atom. The van der Waals surface area contributed by atoms with E-state index in [9.17, 15) is 0 Å². The van der Waals surface area contributed by atoms with Gasteiger partial charge in [-0.05, 0) is 30.3 Å². The zero-order valence-corrected chi connectivity index (χ0v) is 10.0. The summed E-state index contributed by atoms with van der Waals surface area (Å²) in [5, 5.41) is 9.80. The molecule has 84 valence electrons. The normalized spacial score (nSPS) is 9.71. The van der Waals surface area contributed by atoms with Gasteiger partial charge in [-0.2, -0.15) is 5.26 Å². The van der Waals surface area contributed by atoms with Gasteiger partial charge in [-0.25, -0.2) is 4.98 Å². The Kier molecular flexibility index (Phi) is 3.48. The molecule has 0 aliphatic carbocycles. The fourth-order valence-electron chi connectivity index (χ4n) is 1.26. The Bertz CT molecular complexity index is 573. The highest BCUT2D eigenvalue weighted by atomic mass is 35.5. The molecule has 3 nitrogen and oxygen atoms in total. The molecule has 0 spiro atoms. The Hall–Kier alpha value is -1.76. The molecule has 1 heterocycles. The maximum Gasteiger partial charge on any atom is 0.237 e. The van der Waals surface area contributed by atoms with Crippen LogP contribution in [0.5, 0.6) is 11.6 Å². The van der Waals surface area contributed by atoms with Crippen molar-refractivity contribution in [3.05, 3.63) is 52.1 Å². The third-order valence-electron chi connectivity index (χ3n) is 1.94. The van der Waals surface area contributed by atoms with Crippen LogP contribution < -0.4 is 4.74 Å². The summed E-state index contributed by atoms with van der Waals surface area (Å²) in [5.41, 5.74) is 0.351. The van der Waals surface area contributed by atoms with Crippen LogP contribution >= 0.6 is 23.2 Å². The Labute approximate surface area is 108 Å². The second-order valence-corrected chi connectivity index (χ2v) is 4.05. The second kappa shape index (κ2) is 5.05. The number of ether oxygens (including phenoxy) is 1. The topological polar surface area (TPSA) is 45.9 Å². The molecule has 17 heavy (non-hydrogen) atoms.